The lowest BCUT2D eigenvalue weighted by Gasteiger charge is -2.18. The zero-order valence-corrected chi connectivity index (χ0v) is 6.06. The molecule has 1 heterocycles. The highest BCUT2D eigenvalue weighted by Crippen LogP contribution is 2.30. The van der Waals surface area contributed by atoms with Gasteiger partial charge in [0.25, 0.3) is 0 Å². The minimum Gasteiger partial charge on any atom is -0.456 e. The molecule has 1 fully saturated rings. The minimum absolute atomic E-state index is 0.00694. The molecule has 0 aromatic rings. The fourth-order valence-corrected chi connectivity index (χ4v) is 1.67. The predicted octanol–water partition coefficient (Wildman–Crippen LogP) is 0.239. The second-order valence-electron chi connectivity index (χ2n) is 3.02. The molecular formula is C8H10O3. The Morgan fingerprint density at radius 1 is 1.64 bits per heavy atom. The Morgan fingerprint density at radius 2 is 2.45 bits per heavy atom. The smallest absolute Gasteiger partial charge is 0.336 e. The molecule has 0 amide bonds. The van der Waals surface area contributed by atoms with Crippen LogP contribution in [0.1, 0.15) is 12.8 Å². The second-order valence-corrected chi connectivity index (χ2v) is 3.02. The summed E-state index contributed by atoms with van der Waals surface area (Å²) >= 11 is 0. The molecule has 1 aliphatic heterocycles. The largest absolute Gasteiger partial charge is 0.456 e. The van der Waals surface area contributed by atoms with Crippen molar-refractivity contribution in [1.82, 2.24) is 0 Å². The summed E-state index contributed by atoms with van der Waals surface area (Å²) in [5, 5.41) is 9.28. The van der Waals surface area contributed by atoms with Crippen LogP contribution in [0.3, 0.4) is 0 Å². The first-order chi connectivity index (χ1) is 5.29. The van der Waals surface area contributed by atoms with Crippen molar-refractivity contribution in [3.8, 4) is 0 Å². The number of ether oxygens (including phenoxy) is 1. The molecule has 0 radical (unpaired) electrons. The van der Waals surface area contributed by atoms with E-state index in [0.29, 0.717) is 0 Å². The predicted molar refractivity (Wildman–Crippen MR) is 37.8 cm³/mol. The van der Waals surface area contributed by atoms with Gasteiger partial charge >= 0.3 is 5.97 Å². The van der Waals surface area contributed by atoms with Crippen LogP contribution in [0.5, 0.6) is 0 Å². The quantitative estimate of drug-likeness (QED) is 0.401. The Kier molecular flexibility index (Phi) is 1.46. The third-order valence-corrected chi connectivity index (χ3v) is 2.31. The van der Waals surface area contributed by atoms with Crippen LogP contribution in [-0.2, 0) is 9.53 Å². The van der Waals surface area contributed by atoms with Crippen LogP contribution in [-0.4, -0.2) is 23.3 Å². The highest BCUT2D eigenvalue weighted by molar-refractivity contribution is 5.77. The number of hydrogen-bond acceptors (Lipinski definition) is 3. The lowest BCUT2D eigenvalue weighted by atomic mass is 9.89. The maximum atomic E-state index is 10.8. The average molecular weight is 154 g/mol. The Labute approximate surface area is 64.7 Å². The van der Waals surface area contributed by atoms with E-state index in [-0.39, 0.29) is 12.0 Å². The van der Waals surface area contributed by atoms with Gasteiger partial charge in [0.05, 0.1) is 0 Å². The second kappa shape index (κ2) is 2.34. The number of carbonyl (C=O) groups excluding carboxylic acids is 1. The van der Waals surface area contributed by atoms with E-state index in [1.165, 1.54) is 0 Å². The molecule has 0 unspecified atom stereocenters. The number of aliphatic hydroxyl groups is 1. The highest BCUT2D eigenvalue weighted by atomic mass is 16.6. The summed E-state index contributed by atoms with van der Waals surface area (Å²) in [4.78, 5) is 10.8. The average Bonchev–Trinajstić information content (AvgIpc) is 2.30. The monoisotopic (exact) mass is 154 g/mol. The topological polar surface area (TPSA) is 46.5 Å². The maximum absolute atomic E-state index is 10.8. The third kappa shape index (κ3) is 0.959. The number of allylic oxidation sites excluding steroid dienone is 1. The number of esters is 1. The van der Waals surface area contributed by atoms with Gasteiger partial charge < -0.3 is 9.84 Å². The van der Waals surface area contributed by atoms with Crippen molar-refractivity contribution in [2.45, 2.75) is 25.0 Å². The van der Waals surface area contributed by atoms with Gasteiger partial charge in [-0.1, -0.05) is 6.08 Å². The molecule has 2 rings (SSSR count). The normalized spacial score (nSPS) is 41.9. The molecule has 1 saturated heterocycles. The number of carbonyl (C=O) groups is 1. The number of fused-ring (bicyclic) bond motifs is 1. The van der Waals surface area contributed by atoms with Gasteiger partial charge in [-0.25, -0.2) is 4.79 Å². The van der Waals surface area contributed by atoms with Crippen LogP contribution in [0.4, 0.5) is 0 Å². The molecule has 1 aliphatic carbocycles. The molecular weight excluding hydrogens is 144 g/mol. The Hall–Kier alpha value is -0.830. The van der Waals surface area contributed by atoms with Crippen molar-refractivity contribution in [3.05, 3.63) is 12.2 Å². The molecule has 3 nitrogen and oxygen atoms in total. The van der Waals surface area contributed by atoms with Gasteiger partial charge in [-0.05, 0) is 18.9 Å². The van der Waals surface area contributed by atoms with Gasteiger partial charge in [0.2, 0.25) is 0 Å². The van der Waals surface area contributed by atoms with Gasteiger partial charge in [-0.3, -0.25) is 0 Å². The third-order valence-electron chi connectivity index (χ3n) is 2.31. The van der Waals surface area contributed by atoms with Crippen molar-refractivity contribution in [2.75, 3.05) is 0 Å². The lowest BCUT2D eigenvalue weighted by Crippen LogP contribution is -2.25. The molecule has 3 heteroatoms. The lowest BCUT2D eigenvalue weighted by molar-refractivity contribution is -0.146. The Balaban J connectivity index is 2.21. The van der Waals surface area contributed by atoms with Gasteiger partial charge in [0, 0.05) is 5.92 Å². The molecule has 60 valence electrons. The summed E-state index contributed by atoms with van der Waals surface area (Å²) in [6.07, 6.45) is 4.61. The molecule has 0 saturated carbocycles. The van der Waals surface area contributed by atoms with Gasteiger partial charge in [0.15, 0.2) is 6.10 Å². The Bertz CT molecular complexity index is 209. The molecule has 0 spiro atoms. The first kappa shape index (κ1) is 6.85. The van der Waals surface area contributed by atoms with Crippen molar-refractivity contribution >= 4 is 5.97 Å². The van der Waals surface area contributed by atoms with Crippen LogP contribution < -0.4 is 0 Å². The van der Waals surface area contributed by atoms with Gasteiger partial charge in [-0.2, -0.15) is 0 Å². The summed E-state index contributed by atoms with van der Waals surface area (Å²) in [6.45, 7) is 0. The van der Waals surface area contributed by atoms with Crippen molar-refractivity contribution in [1.29, 1.82) is 0 Å². The van der Waals surface area contributed by atoms with E-state index in [4.69, 9.17) is 4.74 Å². The standard InChI is InChI=1S/C8H10O3/c9-7-5-3-1-2-4-6(5)11-8(7)10/h2,4-7,9H,1,3H2/t5-,6+,7-/m0/s1. The van der Waals surface area contributed by atoms with Crippen molar-refractivity contribution in [2.24, 2.45) is 5.92 Å². The first-order valence-electron chi connectivity index (χ1n) is 3.84. The number of rotatable bonds is 0. The van der Waals surface area contributed by atoms with E-state index in [1.54, 1.807) is 0 Å². The molecule has 1 N–H and O–H groups in total. The number of hydrogen-bond donors (Lipinski definition) is 1. The van der Waals surface area contributed by atoms with E-state index in [0.717, 1.165) is 12.8 Å². The summed E-state index contributed by atoms with van der Waals surface area (Å²) in [6, 6.07) is 0. The molecule has 2 aliphatic rings. The maximum Gasteiger partial charge on any atom is 0.336 e. The van der Waals surface area contributed by atoms with Crippen molar-refractivity contribution < 1.29 is 14.6 Å². The van der Waals surface area contributed by atoms with E-state index >= 15 is 0 Å². The van der Waals surface area contributed by atoms with Gasteiger partial charge in [-0.15, -0.1) is 0 Å². The van der Waals surface area contributed by atoms with E-state index in [1.807, 2.05) is 12.2 Å². The van der Waals surface area contributed by atoms with Crippen molar-refractivity contribution in [3.63, 3.8) is 0 Å². The molecule has 3 atom stereocenters. The summed E-state index contributed by atoms with van der Waals surface area (Å²) in [5.74, 6) is -0.459. The fraction of sp³-hybridized carbons (Fsp3) is 0.625. The molecule has 11 heavy (non-hydrogen) atoms. The Morgan fingerprint density at radius 3 is 3.18 bits per heavy atom. The molecule has 0 aromatic carbocycles. The summed E-state index contributed by atoms with van der Waals surface area (Å²) in [7, 11) is 0. The molecule has 0 bridgehead atoms. The zero-order valence-electron chi connectivity index (χ0n) is 6.06. The van der Waals surface area contributed by atoms with Gasteiger partial charge in [0.1, 0.15) is 6.10 Å². The summed E-state index contributed by atoms with van der Waals surface area (Å²) in [5.41, 5.74) is 0. The van der Waals surface area contributed by atoms with Crippen LogP contribution in [0.15, 0.2) is 12.2 Å². The highest BCUT2D eigenvalue weighted by Gasteiger charge is 2.42. The number of aliphatic hydroxyl groups excluding tert-OH is 1. The van der Waals surface area contributed by atoms with Crippen LogP contribution in [0, 0.1) is 5.92 Å². The van der Waals surface area contributed by atoms with Crippen LogP contribution in [0.25, 0.3) is 0 Å². The SMILES string of the molecule is O=C1O[C@@H]2C=CCC[C@@H]2[C@@H]1O. The first-order valence-corrected chi connectivity index (χ1v) is 3.84. The van der Waals surface area contributed by atoms with Crippen LogP contribution >= 0.6 is 0 Å². The fourth-order valence-electron chi connectivity index (χ4n) is 1.67. The zero-order chi connectivity index (χ0) is 7.84. The molecule has 0 aromatic heterocycles. The van der Waals surface area contributed by atoms with E-state index < -0.39 is 12.1 Å². The van der Waals surface area contributed by atoms with E-state index in [9.17, 15) is 9.90 Å². The minimum atomic E-state index is -0.884. The van der Waals surface area contributed by atoms with Crippen LogP contribution in [0.2, 0.25) is 0 Å². The summed E-state index contributed by atoms with van der Waals surface area (Å²) < 4.78 is 4.90. The van der Waals surface area contributed by atoms with E-state index in [2.05, 4.69) is 0 Å².